The summed E-state index contributed by atoms with van der Waals surface area (Å²) in [7, 11) is 0. The van der Waals surface area contributed by atoms with E-state index in [1.807, 2.05) is 34.9 Å². The molecular weight excluding hydrogens is 214 g/mol. The molecule has 1 N–H and O–H groups in total. The van der Waals surface area contributed by atoms with Crippen molar-refractivity contribution in [3.05, 3.63) is 54.7 Å². The van der Waals surface area contributed by atoms with Gasteiger partial charge >= 0.3 is 0 Å². The van der Waals surface area contributed by atoms with Gasteiger partial charge in [-0.15, -0.1) is 0 Å². The fourth-order valence-electron chi connectivity index (χ4n) is 1.79. The van der Waals surface area contributed by atoms with Crippen LogP contribution in [0.2, 0.25) is 0 Å². The van der Waals surface area contributed by atoms with Gasteiger partial charge in [0, 0.05) is 11.6 Å². The van der Waals surface area contributed by atoms with E-state index in [2.05, 4.69) is 9.97 Å². The van der Waals surface area contributed by atoms with Crippen LogP contribution in [-0.4, -0.2) is 19.6 Å². The molecule has 0 radical (unpaired) electrons. The quantitative estimate of drug-likeness (QED) is 0.724. The lowest BCUT2D eigenvalue weighted by Crippen LogP contribution is -1.91. The molecule has 0 saturated heterocycles. The fraction of sp³-hybridized carbons (Fsp3) is 0.0769. The van der Waals surface area contributed by atoms with E-state index in [9.17, 15) is 0 Å². The lowest BCUT2D eigenvalue weighted by Gasteiger charge is -2.03. The van der Waals surface area contributed by atoms with Gasteiger partial charge in [-0.05, 0) is 12.1 Å². The number of benzene rings is 1. The van der Waals surface area contributed by atoms with Crippen LogP contribution in [0, 0.1) is 0 Å². The molecule has 2 aromatic heterocycles. The van der Waals surface area contributed by atoms with Gasteiger partial charge in [0.2, 0.25) is 0 Å². The van der Waals surface area contributed by atoms with E-state index >= 15 is 0 Å². The van der Waals surface area contributed by atoms with Crippen molar-refractivity contribution in [1.82, 2.24) is 14.5 Å². The normalized spacial score (nSPS) is 10.9. The van der Waals surface area contributed by atoms with Gasteiger partial charge in [0.1, 0.15) is 0 Å². The molecule has 3 rings (SSSR count). The van der Waals surface area contributed by atoms with Crippen molar-refractivity contribution >= 4 is 10.9 Å². The summed E-state index contributed by atoms with van der Waals surface area (Å²) in [5.41, 5.74) is 2.56. The highest BCUT2D eigenvalue weighted by molar-refractivity contribution is 5.80. The molecule has 0 unspecified atom stereocenters. The van der Waals surface area contributed by atoms with Crippen LogP contribution in [0.3, 0.4) is 0 Å². The number of pyridine rings is 1. The SMILES string of the molecule is OCc1cn(-c2cnc3ccccc3c2)cn1. The van der Waals surface area contributed by atoms with Gasteiger partial charge in [0.15, 0.2) is 0 Å². The number of aliphatic hydroxyl groups excluding tert-OH is 1. The first-order valence-corrected chi connectivity index (χ1v) is 5.36. The minimum absolute atomic E-state index is 0.0476. The number of para-hydroxylation sites is 1. The summed E-state index contributed by atoms with van der Waals surface area (Å²) in [6, 6.07) is 10.0. The van der Waals surface area contributed by atoms with Crippen molar-refractivity contribution in [3.63, 3.8) is 0 Å². The number of hydrogen-bond acceptors (Lipinski definition) is 3. The maximum absolute atomic E-state index is 8.98. The topological polar surface area (TPSA) is 50.9 Å². The van der Waals surface area contributed by atoms with Crippen LogP contribution in [0.15, 0.2) is 49.1 Å². The van der Waals surface area contributed by atoms with Crippen molar-refractivity contribution < 1.29 is 5.11 Å². The average molecular weight is 225 g/mol. The van der Waals surface area contributed by atoms with Gasteiger partial charge in [-0.1, -0.05) is 18.2 Å². The molecule has 0 fully saturated rings. The standard InChI is InChI=1S/C13H11N3O/c17-8-11-7-16(9-15-11)12-5-10-3-1-2-4-13(10)14-6-12/h1-7,9,17H,8H2. The molecule has 17 heavy (non-hydrogen) atoms. The van der Waals surface area contributed by atoms with Crippen LogP contribution in [0.1, 0.15) is 5.69 Å². The summed E-state index contributed by atoms with van der Waals surface area (Å²) in [5.74, 6) is 0. The van der Waals surface area contributed by atoms with Gasteiger partial charge in [-0.2, -0.15) is 0 Å². The smallest absolute Gasteiger partial charge is 0.0996 e. The molecule has 3 aromatic rings. The van der Waals surface area contributed by atoms with E-state index in [1.165, 1.54) is 0 Å². The number of aliphatic hydroxyl groups is 1. The Morgan fingerprint density at radius 2 is 2.06 bits per heavy atom. The highest BCUT2D eigenvalue weighted by atomic mass is 16.3. The Morgan fingerprint density at radius 3 is 2.88 bits per heavy atom. The number of fused-ring (bicyclic) bond motifs is 1. The third-order valence-electron chi connectivity index (χ3n) is 2.67. The Labute approximate surface area is 98.2 Å². The second-order valence-electron chi connectivity index (χ2n) is 3.82. The molecule has 0 spiro atoms. The third-order valence-corrected chi connectivity index (χ3v) is 2.67. The lowest BCUT2D eigenvalue weighted by molar-refractivity contribution is 0.277. The van der Waals surface area contributed by atoms with Crippen molar-refractivity contribution in [2.45, 2.75) is 6.61 Å². The van der Waals surface area contributed by atoms with E-state index in [4.69, 9.17) is 5.11 Å². The first kappa shape index (κ1) is 9.99. The van der Waals surface area contributed by atoms with Crippen molar-refractivity contribution in [1.29, 1.82) is 0 Å². The number of imidazole rings is 1. The minimum Gasteiger partial charge on any atom is -0.390 e. The van der Waals surface area contributed by atoms with Crippen LogP contribution in [0.4, 0.5) is 0 Å². The van der Waals surface area contributed by atoms with Crippen LogP contribution >= 0.6 is 0 Å². The van der Waals surface area contributed by atoms with Crippen LogP contribution < -0.4 is 0 Å². The van der Waals surface area contributed by atoms with E-state index in [0.717, 1.165) is 16.6 Å². The zero-order chi connectivity index (χ0) is 11.7. The van der Waals surface area contributed by atoms with Crippen molar-refractivity contribution in [3.8, 4) is 5.69 Å². The van der Waals surface area contributed by atoms with Crippen LogP contribution in [0.25, 0.3) is 16.6 Å². The molecule has 4 nitrogen and oxygen atoms in total. The zero-order valence-corrected chi connectivity index (χ0v) is 9.11. The van der Waals surface area contributed by atoms with Crippen molar-refractivity contribution in [2.24, 2.45) is 0 Å². The van der Waals surface area contributed by atoms with E-state index in [-0.39, 0.29) is 6.61 Å². The highest BCUT2D eigenvalue weighted by Crippen LogP contribution is 2.15. The highest BCUT2D eigenvalue weighted by Gasteiger charge is 2.01. The molecule has 0 aliphatic rings. The van der Waals surface area contributed by atoms with Crippen molar-refractivity contribution in [2.75, 3.05) is 0 Å². The first-order chi connectivity index (χ1) is 8.36. The summed E-state index contributed by atoms with van der Waals surface area (Å²) in [4.78, 5) is 8.46. The Hall–Kier alpha value is -2.20. The molecular formula is C13H11N3O. The molecule has 1 aromatic carbocycles. The van der Waals surface area contributed by atoms with Gasteiger partial charge in [0.05, 0.1) is 36.0 Å². The molecule has 0 bridgehead atoms. The molecule has 4 heteroatoms. The number of hydrogen-bond donors (Lipinski definition) is 1. The van der Waals surface area contributed by atoms with Gasteiger partial charge in [-0.25, -0.2) is 4.98 Å². The summed E-state index contributed by atoms with van der Waals surface area (Å²) in [6.07, 6.45) is 5.27. The average Bonchev–Trinajstić information content (AvgIpc) is 2.87. The van der Waals surface area contributed by atoms with Crippen LogP contribution in [0.5, 0.6) is 0 Å². The molecule has 0 saturated carbocycles. The summed E-state index contributed by atoms with van der Waals surface area (Å²) < 4.78 is 1.85. The van der Waals surface area contributed by atoms with E-state index in [0.29, 0.717) is 5.69 Å². The fourth-order valence-corrected chi connectivity index (χ4v) is 1.79. The maximum atomic E-state index is 8.98. The maximum Gasteiger partial charge on any atom is 0.0996 e. The number of rotatable bonds is 2. The van der Waals surface area contributed by atoms with E-state index < -0.39 is 0 Å². The zero-order valence-electron chi connectivity index (χ0n) is 9.11. The third kappa shape index (κ3) is 1.79. The predicted molar refractivity (Wildman–Crippen MR) is 64.8 cm³/mol. The lowest BCUT2D eigenvalue weighted by atomic mass is 10.2. The molecule has 0 aliphatic heterocycles. The predicted octanol–water partition coefficient (Wildman–Crippen LogP) is 1.91. The van der Waals surface area contributed by atoms with Gasteiger partial charge in [-0.3, -0.25) is 4.98 Å². The molecule has 84 valence electrons. The Morgan fingerprint density at radius 1 is 1.18 bits per heavy atom. The second-order valence-corrected chi connectivity index (χ2v) is 3.82. The first-order valence-electron chi connectivity index (χ1n) is 5.36. The summed E-state index contributed by atoms with van der Waals surface area (Å²) in [6.45, 7) is -0.0476. The Kier molecular flexibility index (Phi) is 2.34. The molecule has 0 aliphatic carbocycles. The largest absolute Gasteiger partial charge is 0.390 e. The minimum atomic E-state index is -0.0476. The monoisotopic (exact) mass is 225 g/mol. The molecule has 2 heterocycles. The summed E-state index contributed by atoms with van der Waals surface area (Å²) in [5, 5.41) is 10.1. The van der Waals surface area contributed by atoms with Crippen LogP contribution in [-0.2, 0) is 6.61 Å². The Bertz CT molecular complexity index is 660. The second kappa shape index (κ2) is 3.99. The summed E-state index contributed by atoms with van der Waals surface area (Å²) >= 11 is 0. The number of nitrogens with zero attached hydrogens (tertiary/aromatic N) is 3. The van der Waals surface area contributed by atoms with Gasteiger partial charge < -0.3 is 9.67 Å². The van der Waals surface area contributed by atoms with E-state index in [1.54, 1.807) is 18.7 Å². The number of aromatic nitrogens is 3. The Balaban J connectivity index is 2.11. The molecule has 0 amide bonds. The molecule has 0 atom stereocenters. The van der Waals surface area contributed by atoms with Gasteiger partial charge in [0.25, 0.3) is 0 Å².